The fourth-order valence-electron chi connectivity index (χ4n) is 2.24. The molecule has 0 aromatic rings. The van der Waals surface area contributed by atoms with Crippen molar-refractivity contribution in [2.75, 3.05) is 45.8 Å². The molecule has 0 aromatic carbocycles. The zero-order chi connectivity index (χ0) is 12.5. The number of nitriles is 1. The Balaban J connectivity index is 2.22. The Hall–Kier alpha value is -0.630. The fourth-order valence-corrected chi connectivity index (χ4v) is 2.24. The third-order valence-corrected chi connectivity index (χ3v) is 3.24. The van der Waals surface area contributed by atoms with Gasteiger partial charge in [-0.15, -0.1) is 0 Å². The second kappa shape index (κ2) is 8.46. The Labute approximate surface area is 106 Å². The molecule has 1 unspecified atom stereocenters. The SMILES string of the molecule is CCCNC(C#N)CN1CCN(CCC)CC1. The normalized spacial score (nSPS) is 20.1. The lowest BCUT2D eigenvalue weighted by molar-refractivity contribution is 0.128. The van der Waals surface area contributed by atoms with Gasteiger partial charge in [0.05, 0.1) is 6.07 Å². The summed E-state index contributed by atoms with van der Waals surface area (Å²) in [5.41, 5.74) is 0. The van der Waals surface area contributed by atoms with Crippen molar-refractivity contribution in [3.8, 4) is 6.07 Å². The summed E-state index contributed by atoms with van der Waals surface area (Å²) in [6.45, 7) is 11.9. The van der Waals surface area contributed by atoms with Gasteiger partial charge in [0.2, 0.25) is 0 Å². The van der Waals surface area contributed by atoms with Crippen molar-refractivity contribution >= 4 is 0 Å². The van der Waals surface area contributed by atoms with Crippen LogP contribution in [-0.2, 0) is 0 Å². The van der Waals surface area contributed by atoms with E-state index < -0.39 is 0 Å². The minimum atomic E-state index is -0.00678. The number of nitrogens with one attached hydrogen (secondary N) is 1. The van der Waals surface area contributed by atoms with Crippen molar-refractivity contribution < 1.29 is 0 Å². The molecule has 1 aliphatic heterocycles. The average Bonchev–Trinajstić information content (AvgIpc) is 2.37. The lowest BCUT2D eigenvalue weighted by Crippen LogP contribution is -2.50. The number of hydrogen-bond donors (Lipinski definition) is 1. The quantitative estimate of drug-likeness (QED) is 0.716. The van der Waals surface area contributed by atoms with Crippen LogP contribution in [0.5, 0.6) is 0 Å². The van der Waals surface area contributed by atoms with Crippen LogP contribution in [0, 0.1) is 11.3 Å². The highest BCUT2D eigenvalue weighted by Gasteiger charge is 2.18. The van der Waals surface area contributed by atoms with E-state index in [9.17, 15) is 0 Å². The smallest absolute Gasteiger partial charge is 0.108 e. The summed E-state index contributed by atoms with van der Waals surface area (Å²) >= 11 is 0. The van der Waals surface area contributed by atoms with Crippen LogP contribution in [-0.4, -0.2) is 61.7 Å². The first kappa shape index (κ1) is 14.4. The Morgan fingerprint density at radius 1 is 1.12 bits per heavy atom. The number of piperazine rings is 1. The summed E-state index contributed by atoms with van der Waals surface area (Å²) < 4.78 is 0. The standard InChI is InChI=1S/C13H26N4/c1-3-5-15-13(11-14)12-17-9-7-16(6-4-2)8-10-17/h13,15H,3-10,12H2,1-2H3. The molecule has 0 bridgehead atoms. The maximum Gasteiger partial charge on any atom is 0.108 e. The maximum atomic E-state index is 9.07. The molecule has 1 fully saturated rings. The molecule has 0 aliphatic carbocycles. The highest BCUT2D eigenvalue weighted by atomic mass is 15.3. The second-order valence-corrected chi connectivity index (χ2v) is 4.78. The van der Waals surface area contributed by atoms with Gasteiger partial charge in [0.1, 0.15) is 6.04 Å². The van der Waals surface area contributed by atoms with Crippen molar-refractivity contribution in [2.45, 2.75) is 32.7 Å². The van der Waals surface area contributed by atoms with Crippen LogP contribution in [0.4, 0.5) is 0 Å². The van der Waals surface area contributed by atoms with Gasteiger partial charge in [-0.2, -0.15) is 5.26 Å². The topological polar surface area (TPSA) is 42.3 Å². The molecule has 1 N–H and O–H groups in total. The summed E-state index contributed by atoms with van der Waals surface area (Å²) in [5, 5.41) is 12.4. The molecular weight excluding hydrogens is 212 g/mol. The zero-order valence-corrected chi connectivity index (χ0v) is 11.3. The van der Waals surface area contributed by atoms with Gasteiger partial charge in [-0.05, 0) is 25.9 Å². The largest absolute Gasteiger partial charge is 0.301 e. The molecule has 1 aliphatic rings. The van der Waals surface area contributed by atoms with E-state index in [1.165, 1.54) is 13.0 Å². The molecule has 4 heteroatoms. The molecule has 1 heterocycles. The van der Waals surface area contributed by atoms with Crippen LogP contribution in [0.2, 0.25) is 0 Å². The van der Waals surface area contributed by atoms with Gasteiger partial charge in [-0.25, -0.2) is 0 Å². The summed E-state index contributed by atoms with van der Waals surface area (Å²) in [5.74, 6) is 0. The molecule has 98 valence electrons. The molecule has 1 saturated heterocycles. The van der Waals surface area contributed by atoms with Crippen LogP contribution in [0.15, 0.2) is 0 Å². The highest BCUT2D eigenvalue weighted by Crippen LogP contribution is 2.03. The molecule has 4 nitrogen and oxygen atoms in total. The number of hydrogen-bond acceptors (Lipinski definition) is 4. The monoisotopic (exact) mass is 238 g/mol. The summed E-state index contributed by atoms with van der Waals surface area (Å²) in [6.07, 6.45) is 2.32. The van der Waals surface area contributed by atoms with Crippen LogP contribution >= 0.6 is 0 Å². The molecule has 17 heavy (non-hydrogen) atoms. The molecule has 0 aromatic heterocycles. The van der Waals surface area contributed by atoms with Crippen molar-refractivity contribution in [3.63, 3.8) is 0 Å². The van der Waals surface area contributed by atoms with Crippen molar-refractivity contribution in [1.82, 2.24) is 15.1 Å². The maximum absolute atomic E-state index is 9.07. The van der Waals surface area contributed by atoms with Gasteiger partial charge in [0.25, 0.3) is 0 Å². The molecule has 0 amide bonds. The van der Waals surface area contributed by atoms with E-state index in [0.717, 1.165) is 45.7 Å². The van der Waals surface area contributed by atoms with E-state index in [2.05, 4.69) is 35.0 Å². The molecule has 0 spiro atoms. The number of rotatable bonds is 7. The molecule has 0 saturated carbocycles. The fraction of sp³-hybridized carbons (Fsp3) is 0.923. The predicted molar refractivity (Wildman–Crippen MR) is 70.9 cm³/mol. The predicted octanol–water partition coefficient (Wildman–Crippen LogP) is 0.906. The minimum absolute atomic E-state index is 0.00678. The number of nitrogens with zero attached hydrogens (tertiary/aromatic N) is 3. The van der Waals surface area contributed by atoms with E-state index in [1.54, 1.807) is 0 Å². The average molecular weight is 238 g/mol. The van der Waals surface area contributed by atoms with E-state index in [1.807, 2.05) is 0 Å². The Bertz CT molecular complexity index is 228. The van der Waals surface area contributed by atoms with Crippen LogP contribution < -0.4 is 5.32 Å². The first-order chi connectivity index (χ1) is 8.30. The minimum Gasteiger partial charge on any atom is -0.301 e. The van der Waals surface area contributed by atoms with Crippen LogP contribution in [0.3, 0.4) is 0 Å². The van der Waals surface area contributed by atoms with Gasteiger partial charge in [-0.3, -0.25) is 4.90 Å². The van der Waals surface area contributed by atoms with E-state index >= 15 is 0 Å². The van der Waals surface area contributed by atoms with E-state index in [-0.39, 0.29) is 6.04 Å². The first-order valence-electron chi connectivity index (χ1n) is 6.87. The summed E-state index contributed by atoms with van der Waals surface area (Å²) in [7, 11) is 0. The lowest BCUT2D eigenvalue weighted by atomic mass is 10.2. The lowest BCUT2D eigenvalue weighted by Gasteiger charge is -2.35. The summed E-state index contributed by atoms with van der Waals surface area (Å²) in [4.78, 5) is 4.92. The second-order valence-electron chi connectivity index (χ2n) is 4.78. The Morgan fingerprint density at radius 2 is 1.76 bits per heavy atom. The first-order valence-corrected chi connectivity index (χ1v) is 6.87. The van der Waals surface area contributed by atoms with Gasteiger partial charge in [0, 0.05) is 32.7 Å². The third kappa shape index (κ3) is 5.49. The van der Waals surface area contributed by atoms with Crippen LogP contribution in [0.25, 0.3) is 0 Å². The van der Waals surface area contributed by atoms with Gasteiger partial charge in [-0.1, -0.05) is 13.8 Å². The molecule has 1 atom stereocenters. The van der Waals surface area contributed by atoms with E-state index in [4.69, 9.17) is 5.26 Å². The highest BCUT2D eigenvalue weighted by molar-refractivity contribution is 4.92. The Kier molecular flexibility index (Phi) is 7.18. The molecule has 1 rings (SSSR count). The molecular formula is C13H26N4. The van der Waals surface area contributed by atoms with Crippen LogP contribution in [0.1, 0.15) is 26.7 Å². The van der Waals surface area contributed by atoms with Gasteiger partial charge in [0.15, 0.2) is 0 Å². The molecule has 0 radical (unpaired) electrons. The van der Waals surface area contributed by atoms with Crippen molar-refractivity contribution in [1.29, 1.82) is 5.26 Å². The van der Waals surface area contributed by atoms with Gasteiger partial charge < -0.3 is 10.2 Å². The van der Waals surface area contributed by atoms with Crippen molar-refractivity contribution in [2.24, 2.45) is 0 Å². The van der Waals surface area contributed by atoms with Crippen molar-refractivity contribution in [3.05, 3.63) is 0 Å². The zero-order valence-electron chi connectivity index (χ0n) is 11.3. The Morgan fingerprint density at radius 3 is 2.29 bits per heavy atom. The van der Waals surface area contributed by atoms with Gasteiger partial charge >= 0.3 is 0 Å². The summed E-state index contributed by atoms with van der Waals surface area (Å²) in [6, 6.07) is 2.35. The van der Waals surface area contributed by atoms with E-state index in [0.29, 0.717) is 0 Å². The third-order valence-electron chi connectivity index (χ3n) is 3.24.